The van der Waals surface area contributed by atoms with Crippen LogP contribution in [0.5, 0.6) is 0 Å². The number of ketones is 2. The van der Waals surface area contributed by atoms with Crippen molar-refractivity contribution < 1.29 is 19.4 Å². The first kappa shape index (κ1) is 12.1. The minimum Gasteiger partial charge on any atom is -0.487 e. The second kappa shape index (κ2) is 3.78. The topological polar surface area (TPSA) is 63.6 Å². The molecule has 1 aliphatic carbocycles. The highest BCUT2D eigenvalue weighted by Gasteiger charge is 2.44. The van der Waals surface area contributed by atoms with Crippen LogP contribution in [-0.4, -0.2) is 28.4 Å². The lowest BCUT2D eigenvalue weighted by molar-refractivity contribution is -0.114. The molecule has 0 spiro atoms. The van der Waals surface area contributed by atoms with Gasteiger partial charge in [0.15, 0.2) is 0 Å². The van der Waals surface area contributed by atoms with E-state index in [1.807, 2.05) is 13.8 Å². The molecule has 1 N–H and O–H groups in total. The molecule has 0 bridgehead atoms. The molecular weight excluding hydrogens is 244 g/mol. The summed E-state index contributed by atoms with van der Waals surface area (Å²) < 4.78 is 5.84. The Morgan fingerprint density at radius 1 is 1.16 bits per heavy atom. The van der Waals surface area contributed by atoms with Crippen molar-refractivity contribution in [3.63, 3.8) is 0 Å². The van der Waals surface area contributed by atoms with Gasteiger partial charge in [-0.1, -0.05) is 24.3 Å². The van der Waals surface area contributed by atoms with E-state index in [1.165, 1.54) is 0 Å². The van der Waals surface area contributed by atoms with Crippen molar-refractivity contribution in [2.45, 2.75) is 32.0 Å². The fourth-order valence-corrected chi connectivity index (χ4v) is 2.67. The average Bonchev–Trinajstić information content (AvgIpc) is 2.34. The van der Waals surface area contributed by atoms with Gasteiger partial charge in [0.25, 0.3) is 0 Å². The standard InChI is InChI=1S/C15H14O4/c1-15(2)7-10(16)11-13(18)12(17)8-5-3-4-6-9(8)14(11)19-15/h3-6,10,16H,7H2,1-2H3/t10-/m1/s1. The van der Waals surface area contributed by atoms with Crippen molar-refractivity contribution in [3.8, 4) is 0 Å². The van der Waals surface area contributed by atoms with Crippen LogP contribution in [-0.2, 0) is 9.53 Å². The Labute approximate surface area is 110 Å². The maximum atomic E-state index is 12.1. The molecule has 1 heterocycles. The molecule has 0 saturated heterocycles. The predicted octanol–water partition coefficient (Wildman–Crippen LogP) is 1.72. The predicted molar refractivity (Wildman–Crippen MR) is 68.5 cm³/mol. The van der Waals surface area contributed by atoms with Crippen molar-refractivity contribution in [3.05, 3.63) is 41.0 Å². The van der Waals surface area contributed by atoms with Gasteiger partial charge in [-0.05, 0) is 13.8 Å². The Morgan fingerprint density at radius 3 is 2.47 bits per heavy atom. The van der Waals surface area contributed by atoms with Gasteiger partial charge in [0.1, 0.15) is 11.4 Å². The van der Waals surface area contributed by atoms with Crippen LogP contribution in [0.3, 0.4) is 0 Å². The van der Waals surface area contributed by atoms with Crippen molar-refractivity contribution in [1.82, 2.24) is 0 Å². The van der Waals surface area contributed by atoms with Crippen LogP contribution in [0.15, 0.2) is 29.8 Å². The number of carbonyl (C=O) groups excluding carboxylic acids is 2. The number of hydrogen-bond donors (Lipinski definition) is 1. The second-order valence-electron chi connectivity index (χ2n) is 5.53. The van der Waals surface area contributed by atoms with Gasteiger partial charge < -0.3 is 9.84 Å². The maximum absolute atomic E-state index is 12.1. The lowest BCUT2D eigenvalue weighted by Crippen LogP contribution is -2.41. The first-order valence-corrected chi connectivity index (χ1v) is 6.20. The van der Waals surface area contributed by atoms with Crippen molar-refractivity contribution in [2.24, 2.45) is 0 Å². The molecule has 4 heteroatoms. The van der Waals surface area contributed by atoms with Gasteiger partial charge in [-0.3, -0.25) is 9.59 Å². The van der Waals surface area contributed by atoms with Crippen LogP contribution in [0, 0.1) is 0 Å². The van der Waals surface area contributed by atoms with Crippen LogP contribution in [0.1, 0.15) is 36.2 Å². The molecule has 1 aromatic carbocycles. The largest absolute Gasteiger partial charge is 0.487 e. The summed E-state index contributed by atoms with van der Waals surface area (Å²) in [6.45, 7) is 3.70. The number of aliphatic hydroxyl groups is 1. The first-order valence-electron chi connectivity index (χ1n) is 6.20. The minimum absolute atomic E-state index is 0.100. The van der Waals surface area contributed by atoms with Crippen LogP contribution in [0.2, 0.25) is 0 Å². The van der Waals surface area contributed by atoms with Gasteiger partial charge in [-0.15, -0.1) is 0 Å². The molecule has 98 valence electrons. The average molecular weight is 258 g/mol. The minimum atomic E-state index is -0.955. The molecule has 0 fully saturated rings. The molecule has 0 amide bonds. The molecule has 3 rings (SSSR count). The number of aliphatic hydroxyl groups excluding tert-OH is 1. The van der Waals surface area contributed by atoms with Crippen molar-refractivity contribution >= 4 is 17.3 Å². The molecular formula is C15H14O4. The van der Waals surface area contributed by atoms with E-state index in [1.54, 1.807) is 24.3 Å². The van der Waals surface area contributed by atoms with E-state index >= 15 is 0 Å². The summed E-state index contributed by atoms with van der Waals surface area (Å²) in [7, 11) is 0. The zero-order chi connectivity index (χ0) is 13.8. The van der Waals surface area contributed by atoms with E-state index in [9.17, 15) is 14.7 Å². The highest BCUT2D eigenvalue weighted by Crippen LogP contribution is 2.41. The zero-order valence-corrected chi connectivity index (χ0v) is 10.8. The smallest absolute Gasteiger partial charge is 0.235 e. The summed E-state index contributed by atoms with van der Waals surface area (Å²) in [5, 5.41) is 10.1. The molecule has 19 heavy (non-hydrogen) atoms. The lowest BCUT2D eigenvalue weighted by Gasteiger charge is -2.38. The molecule has 0 aromatic heterocycles. The zero-order valence-electron chi connectivity index (χ0n) is 10.8. The van der Waals surface area contributed by atoms with Crippen LogP contribution in [0.4, 0.5) is 0 Å². The van der Waals surface area contributed by atoms with Gasteiger partial charge in [-0.25, -0.2) is 0 Å². The monoisotopic (exact) mass is 258 g/mol. The molecule has 2 aliphatic rings. The summed E-state index contributed by atoms with van der Waals surface area (Å²) in [5.41, 5.74) is 0.472. The fraction of sp³-hybridized carbons (Fsp3) is 0.333. The highest BCUT2D eigenvalue weighted by molar-refractivity contribution is 6.52. The summed E-state index contributed by atoms with van der Waals surface area (Å²) >= 11 is 0. The van der Waals surface area contributed by atoms with Gasteiger partial charge in [0, 0.05) is 17.5 Å². The normalized spacial score (nSPS) is 24.7. The highest BCUT2D eigenvalue weighted by atomic mass is 16.5. The summed E-state index contributed by atoms with van der Waals surface area (Å²) in [4.78, 5) is 24.1. The Morgan fingerprint density at radius 2 is 1.79 bits per heavy atom. The molecule has 0 radical (unpaired) electrons. The number of hydrogen-bond acceptors (Lipinski definition) is 4. The van der Waals surface area contributed by atoms with Crippen molar-refractivity contribution in [2.75, 3.05) is 0 Å². The van der Waals surface area contributed by atoms with E-state index in [0.717, 1.165) is 0 Å². The van der Waals surface area contributed by atoms with E-state index in [-0.39, 0.29) is 5.57 Å². The third-order valence-corrected chi connectivity index (χ3v) is 3.51. The third-order valence-electron chi connectivity index (χ3n) is 3.51. The second-order valence-corrected chi connectivity index (χ2v) is 5.53. The Hall–Kier alpha value is -1.94. The Bertz CT molecular complexity index is 625. The van der Waals surface area contributed by atoms with Crippen LogP contribution < -0.4 is 0 Å². The number of benzene rings is 1. The van der Waals surface area contributed by atoms with E-state index in [0.29, 0.717) is 23.3 Å². The number of fused-ring (bicyclic) bond motifs is 2. The van der Waals surface area contributed by atoms with Crippen LogP contribution >= 0.6 is 0 Å². The maximum Gasteiger partial charge on any atom is 0.235 e. The molecule has 0 saturated carbocycles. The summed E-state index contributed by atoms with van der Waals surface area (Å²) in [6, 6.07) is 6.84. The van der Waals surface area contributed by atoms with Crippen molar-refractivity contribution in [1.29, 1.82) is 0 Å². The number of ether oxygens (including phenoxy) is 1. The molecule has 1 atom stereocenters. The quantitative estimate of drug-likeness (QED) is 0.720. The van der Waals surface area contributed by atoms with Crippen LogP contribution in [0.25, 0.3) is 5.76 Å². The fourth-order valence-electron chi connectivity index (χ4n) is 2.67. The Kier molecular flexibility index (Phi) is 2.41. The Balaban J connectivity index is 2.27. The summed E-state index contributed by atoms with van der Waals surface area (Å²) in [6.07, 6.45) is -0.656. The molecule has 1 aromatic rings. The van der Waals surface area contributed by atoms with Gasteiger partial charge in [-0.2, -0.15) is 0 Å². The van der Waals surface area contributed by atoms with Gasteiger partial charge >= 0.3 is 0 Å². The number of Topliss-reactive ketones (excluding diaryl/α,β-unsaturated/α-hetero) is 2. The SMILES string of the molecule is CC1(C)C[C@@H](O)C2=C(O1)c1ccccc1C(=O)C2=O. The van der Waals surface area contributed by atoms with E-state index < -0.39 is 23.3 Å². The van der Waals surface area contributed by atoms with E-state index in [2.05, 4.69) is 0 Å². The lowest BCUT2D eigenvalue weighted by atomic mass is 9.81. The van der Waals surface area contributed by atoms with Gasteiger partial charge in [0.2, 0.25) is 11.6 Å². The molecule has 0 unspecified atom stereocenters. The molecule has 4 nitrogen and oxygen atoms in total. The van der Waals surface area contributed by atoms with Gasteiger partial charge in [0.05, 0.1) is 11.7 Å². The van der Waals surface area contributed by atoms with E-state index in [4.69, 9.17) is 4.74 Å². The third kappa shape index (κ3) is 1.71. The number of carbonyl (C=O) groups is 2. The number of rotatable bonds is 0. The first-order chi connectivity index (χ1) is 8.91. The molecule has 1 aliphatic heterocycles. The summed E-state index contributed by atoms with van der Waals surface area (Å²) in [5.74, 6) is -0.877.